The van der Waals surface area contributed by atoms with E-state index in [2.05, 4.69) is 6.92 Å². The largest absolute Gasteiger partial charge is 0.461 e. The maximum Gasteiger partial charge on any atom is 0.334 e. The molecule has 0 bridgehead atoms. The molecule has 0 aliphatic heterocycles. The Morgan fingerprint density at radius 2 is 0.967 bits per heavy atom. The Hall–Kier alpha value is -0.730. The average Bonchev–Trinajstić information content (AvgIpc) is 2.74. The lowest BCUT2D eigenvalue weighted by Crippen LogP contribution is -2.21. The molecule has 0 aromatic carbocycles. The van der Waals surface area contributed by atoms with Gasteiger partial charge in [0.25, 0.3) is 0 Å². The Labute approximate surface area is 183 Å². The summed E-state index contributed by atoms with van der Waals surface area (Å²) in [7, 11) is 0. The molecular weight excluding hydrogens is 388 g/mol. The highest BCUT2D eigenvalue weighted by atomic mass is 16.6. The number of ether oxygens (including phenoxy) is 5. The molecule has 1 atom stereocenters. The minimum atomic E-state index is -1.10. The number of carbonyl (C=O) groups is 1. The van der Waals surface area contributed by atoms with Crippen molar-refractivity contribution >= 4 is 5.97 Å². The Bertz CT molecular complexity index is 350. The van der Waals surface area contributed by atoms with Crippen molar-refractivity contribution in [3.8, 4) is 0 Å². The lowest BCUT2D eigenvalue weighted by molar-refractivity contribution is -0.154. The van der Waals surface area contributed by atoms with Crippen LogP contribution in [0.4, 0.5) is 0 Å². The fourth-order valence-corrected chi connectivity index (χ4v) is 2.78. The zero-order valence-corrected chi connectivity index (χ0v) is 19.4. The molecule has 7 nitrogen and oxygen atoms in total. The van der Waals surface area contributed by atoms with Crippen LogP contribution < -0.4 is 0 Å². The first kappa shape index (κ1) is 29.3. The molecule has 0 saturated heterocycles. The fourth-order valence-electron chi connectivity index (χ4n) is 2.78. The molecule has 0 radical (unpaired) electrons. The zero-order chi connectivity index (χ0) is 22.1. The van der Waals surface area contributed by atoms with E-state index in [1.54, 1.807) is 0 Å². The van der Waals surface area contributed by atoms with Gasteiger partial charge in [-0.3, -0.25) is 0 Å². The van der Waals surface area contributed by atoms with Gasteiger partial charge in [-0.05, 0) is 13.3 Å². The van der Waals surface area contributed by atoms with Crippen LogP contribution in [0.5, 0.6) is 0 Å². The Kier molecular flexibility index (Phi) is 23.9. The second kappa shape index (κ2) is 24.5. The first-order valence-electron chi connectivity index (χ1n) is 11.8. The van der Waals surface area contributed by atoms with E-state index < -0.39 is 12.1 Å². The van der Waals surface area contributed by atoms with Gasteiger partial charge in [0.2, 0.25) is 0 Å². The molecule has 0 aromatic heterocycles. The van der Waals surface area contributed by atoms with Crippen LogP contribution in [-0.2, 0) is 28.5 Å². The van der Waals surface area contributed by atoms with Crippen LogP contribution in [0.25, 0.3) is 0 Å². The van der Waals surface area contributed by atoms with Crippen molar-refractivity contribution in [3.63, 3.8) is 0 Å². The predicted molar refractivity (Wildman–Crippen MR) is 118 cm³/mol. The van der Waals surface area contributed by atoms with Crippen LogP contribution >= 0.6 is 0 Å². The van der Waals surface area contributed by atoms with Crippen LogP contribution in [0, 0.1) is 0 Å². The third-order valence-electron chi connectivity index (χ3n) is 4.57. The summed E-state index contributed by atoms with van der Waals surface area (Å²) in [5.41, 5.74) is 0. The zero-order valence-electron chi connectivity index (χ0n) is 19.4. The van der Waals surface area contributed by atoms with Crippen molar-refractivity contribution in [3.05, 3.63) is 0 Å². The van der Waals surface area contributed by atoms with Crippen molar-refractivity contribution in [2.24, 2.45) is 0 Å². The third-order valence-corrected chi connectivity index (χ3v) is 4.57. The van der Waals surface area contributed by atoms with Crippen molar-refractivity contribution in [1.29, 1.82) is 0 Å². The maximum atomic E-state index is 11.0. The molecule has 0 saturated carbocycles. The minimum Gasteiger partial charge on any atom is -0.461 e. The van der Waals surface area contributed by atoms with Gasteiger partial charge in [-0.25, -0.2) is 4.79 Å². The molecule has 0 fully saturated rings. The lowest BCUT2D eigenvalue weighted by atomic mass is 10.1. The van der Waals surface area contributed by atoms with Gasteiger partial charge in [0.1, 0.15) is 12.7 Å². The van der Waals surface area contributed by atoms with E-state index in [1.807, 2.05) is 0 Å². The Balaban J connectivity index is 3.04. The second-order valence-corrected chi connectivity index (χ2v) is 7.47. The number of carbonyl (C=O) groups excluding carboxylic acids is 1. The van der Waals surface area contributed by atoms with Crippen LogP contribution in [0.1, 0.15) is 78.1 Å². The maximum absolute atomic E-state index is 11.0. The summed E-state index contributed by atoms with van der Waals surface area (Å²) in [4.78, 5) is 11.0. The first-order valence-corrected chi connectivity index (χ1v) is 11.8. The standard InChI is InChI=1S/C23H46O7/c1-3-4-5-6-7-8-9-10-11-12-13-26-14-15-27-16-17-28-18-19-29-20-21-30-23(25)22(2)24/h22,24H,3-21H2,1-2H3. The lowest BCUT2D eigenvalue weighted by Gasteiger charge is -2.08. The van der Waals surface area contributed by atoms with Crippen LogP contribution in [0.15, 0.2) is 0 Å². The summed E-state index contributed by atoms with van der Waals surface area (Å²) in [6.45, 7) is 8.02. The number of aliphatic hydroxyl groups is 1. The van der Waals surface area contributed by atoms with E-state index in [9.17, 15) is 4.79 Å². The van der Waals surface area contributed by atoms with Gasteiger partial charge in [0.05, 0.1) is 46.2 Å². The molecule has 0 aliphatic carbocycles. The molecule has 0 aliphatic rings. The monoisotopic (exact) mass is 434 g/mol. The topological polar surface area (TPSA) is 83.5 Å². The number of rotatable bonds is 24. The van der Waals surface area contributed by atoms with Gasteiger partial charge in [0.15, 0.2) is 0 Å². The van der Waals surface area contributed by atoms with E-state index >= 15 is 0 Å². The van der Waals surface area contributed by atoms with Gasteiger partial charge in [-0.1, -0.05) is 64.7 Å². The van der Waals surface area contributed by atoms with Crippen LogP contribution in [0.2, 0.25) is 0 Å². The summed E-state index contributed by atoms with van der Waals surface area (Å²) >= 11 is 0. The molecule has 7 heteroatoms. The average molecular weight is 435 g/mol. The summed E-state index contributed by atoms with van der Waals surface area (Å²) in [5, 5.41) is 8.94. The molecule has 0 aromatic rings. The molecule has 30 heavy (non-hydrogen) atoms. The van der Waals surface area contributed by atoms with E-state index in [0.717, 1.165) is 13.0 Å². The smallest absolute Gasteiger partial charge is 0.334 e. The summed E-state index contributed by atoms with van der Waals surface area (Å²) < 4.78 is 26.4. The van der Waals surface area contributed by atoms with Gasteiger partial charge >= 0.3 is 5.97 Å². The number of hydrogen-bond donors (Lipinski definition) is 1. The molecule has 180 valence electrons. The third kappa shape index (κ3) is 23.5. The molecule has 1 N–H and O–H groups in total. The van der Waals surface area contributed by atoms with Crippen molar-refractivity contribution < 1.29 is 33.6 Å². The van der Waals surface area contributed by atoms with Crippen molar-refractivity contribution in [2.75, 3.05) is 59.5 Å². The van der Waals surface area contributed by atoms with Crippen molar-refractivity contribution in [2.45, 2.75) is 84.2 Å². The molecule has 1 unspecified atom stereocenters. The number of aliphatic hydroxyl groups excluding tert-OH is 1. The summed E-state index contributed by atoms with van der Waals surface area (Å²) in [5.74, 6) is -0.639. The fraction of sp³-hybridized carbons (Fsp3) is 0.957. The highest BCUT2D eigenvalue weighted by Gasteiger charge is 2.08. The van der Waals surface area contributed by atoms with E-state index in [1.165, 1.54) is 64.7 Å². The number of esters is 1. The van der Waals surface area contributed by atoms with Crippen LogP contribution in [-0.4, -0.2) is 76.6 Å². The molecule has 0 amide bonds. The number of unbranched alkanes of at least 4 members (excludes halogenated alkanes) is 9. The Morgan fingerprint density at radius 1 is 0.600 bits per heavy atom. The minimum absolute atomic E-state index is 0.131. The van der Waals surface area contributed by atoms with Gasteiger partial charge in [-0.15, -0.1) is 0 Å². The molecule has 0 spiro atoms. The van der Waals surface area contributed by atoms with E-state index in [-0.39, 0.29) is 13.2 Å². The van der Waals surface area contributed by atoms with Gasteiger partial charge in [-0.2, -0.15) is 0 Å². The molecular formula is C23H46O7. The van der Waals surface area contributed by atoms with Gasteiger partial charge in [0, 0.05) is 6.61 Å². The number of hydrogen-bond acceptors (Lipinski definition) is 7. The highest BCUT2D eigenvalue weighted by molar-refractivity contribution is 5.73. The molecule has 0 heterocycles. The SMILES string of the molecule is CCCCCCCCCCCCOCCOCCOCCOCCOC(=O)C(C)O. The first-order chi connectivity index (χ1) is 14.7. The summed E-state index contributed by atoms with van der Waals surface area (Å²) in [6.07, 6.45) is 12.3. The summed E-state index contributed by atoms with van der Waals surface area (Å²) in [6, 6.07) is 0. The Morgan fingerprint density at radius 3 is 1.40 bits per heavy atom. The molecule has 0 rings (SSSR count). The van der Waals surface area contributed by atoms with E-state index in [0.29, 0.717) is 39.6 Å². The normalized spacial score (nSPS) is 12.2. The predicted octanol–water partition coefficient (Wildman–Crippen LogP) is 3.90. The van der Waals surface area contributed by atoms with E-state index in [4.69, 9.17) is 28.8 Å². The highest BCUT2D eigenvalue weighted by Crippen LogP contribution is 2.10. The van der Waals surface area contributed by atoms with Crippen molar-refractivity contribution in [1.82, 2.24) is 0 Å². The second-order valence-electron chi connectivity index (χ2n) is 7.47. The quantitative estimate of drug-likeness (QED) is 0.182. The van der Waals surface area contributed by atoms with Crippen LogP contribution in [0.3, 0.4) is 0 Å². The van der Waals surface area contributed by atoms with Gasteiger partial charge < -0.3 is 28.8 Å².